The van der Waals surface area contributed by atoms with Gasteiger partial charge in [0.15, 0.2) is 0 Å². The molecule has 1 amide bonds. The van der Waals surface area contributed by atoms with Crippen LogP contribution in [0.4, 0.5) is 0 Å². The smallest absolute Gasteiger partial charge is 0.247 e. The summed E-state index contributed by atoms with van der Waals surface area (Å²) >= 11 is 0. The predicted molar refractivity (Wildman–Crippen MR) is 93.5 cm³/mol. The molecule has 1 fully saturated rings. The third-order valence-corrected chi connectivity index (χ3v) is 4.52. The van der Waals surface area contributed by atoms with Crippen LogP contribution in [-0.2, 0) is 11.3 Å². The largest absolute Gasteiger partial charge is 0.497 e. The van der Waals surface area contributed by atoms with Gasteiger partial charge in [0.25, 0.3) is 0 Å². The fraction of sp³-hybridized carbons (Fsp3) is 0.350. The lowest BCUT2D eigenvalue weighted by atomic mass is 10.1. The normalized spacial score (nSPS) is 15.4. The zero-order valence-electron chi connectivity index (χ0n) is 14.1. The van der Waals surface area contributed by atoms with Gasteiger partial charge in [0.2, 0.25) is 5.91 Å². The van der Waals surface area contributed by atoms with Crippen LogP contribution in [0.3, 0.4) is 0 Å². The van der Waals surface area contributed by atoms with Gasteiger partial charge in [0.1, 0.15) is 11.5 Å². The molecule has 1 atom stereocenters. The standard InChI is InChI=1S/C20H23NO3/c1-15(17-7-8-17)21(14-16-5-9-18(23-2)10-6-16)20(22)12-11-19-4-3-13-24-19/h3-6,9-13,15,17H,7-8,14H2,1-2H3. The summed E-state index contributed by atoms with van der Waals surface area (Å²) in [6.07, 6.45) is 7.33. The molecule has 1 saturated carbocycles. The van der Waals surface area contributed by atoms with E-state index in [-0.39, 0.29) is 11.9 Å². The van der Waals surface area contributed by atoms with Crippen molar-refractivity contribution in [2.24, 2.45) is 5.92 Å². The van der Waals surface area contributed by atoms with E-state index in [0.29, 0.717) is 18.2 Å². The Labute approximate surface area is 142 Å². The summed E-state index contributed by atoms with van der Waals surface area (Å²) in [5, 5.41) is 0. The van der Waals surface area contributed by atoms with Crippen molar-refractivity contribution in [3.63, 3.8) is 0 Å². The van der Waals surface area contributed by atoms with Crippen molar-refractivity contribution < 1.29 is 13.9 Å². The van der Waals surface area contributed by atoms with Crippen molar-refractivity contribution in [2.45, 2.75) is 32.4 Å². The second kappa shape index (κ2) is 7.39. The molecule has 1 unspecified atom stereocenters. The lowest BCUT2D eigenvalue weighted by Gasteiger charge is -2.28. The highest BCUT2D eigenvalue weighted by atomic mass is 16.5. The van der Waals surface area contributed by atoms with E-state index < -0.39 is 0 Å². The predicted octanol–water partition coefficient (Wildman–Crippen LogP) is 4.13. The Hall–Kier alpha value is -2.49. The number of hydrogen-bond donors (Lipinski definition) is 0. The molecule has 1 aromatic carbocycles. The van der Waals surface area contributed by atoms with Crippen LogP contribution in [0.1, 0.15) is 31.1 Å². The fourth-order valence-corrected chi connectivity index (χ4v) is 2.82. The first-order chi connectivity index (χ1) is 11.7. The summed E-state index contributed by atoms with van der Waals surface area (Å²) in [7, 11) is 1.65. The fourth-order valence-electron chi connectivity index (χ4n) is 2.82. The molecule has 0 spiro atoms. The first-order valence-corrected chi connectivity index (χ1v) is 8.32. The maximum absolute atomic E-state index is 12.7. The number of benzene rings is 1. The number of rotatable bonds is 7. The van der Waals surface area contributed by atoms with Crippen molar-refractivity contribution >= 4 is 12.0 Å². The van der Waals surface area contributed by atoms with Crippen molar-refractivity contribution in [3.05, 3.63) is 60.1 Å². The van der Waals surface area contributed by atoms with Gasteiger partial charge in [-0.15, -0.1) is 0 Å². The summed E-state index contributed by atoms with van der Waals surface area (Å²) in [6.45, 7) is 2.74. The molecule has 4 nitrogen and oxygen atoms in total. The van der Waals surface area contributed by atoms with Crippen LogP contribution in [0.5, 0.6) is 5.75 Å². The van der Waals surface area contributed by atoms with Crippen LogP contribution in [0, 0.1) is 5.92 Å². The molecule has 1 aliphatic rings. The first-order valence-electron chi connectivity index (χ1n) is 8.32. The number of furan rings is 1. The molecule has 24 heavy (non-hydrogen) atoms. The van der Waals surface area contributed by atoms with Crippen LogP contribution in [0.25, 0.3) is 6.08 Å². The minimum Gasteiger partial charge on any atom is -0.497 e. The monoisotopic (exact) mass is 325 g/mol. The van der Waals surface area contributed by atoms with Crippen molar-refractivity contribution in [1.29, 1.82) is 0 Å². The second-order valence-corrected chi connectivity index (χ2v) is 6.24. The summed E-state index contributed by atoms with van der Waals surface area (Å²) in [4.78, 5) is 14.7. The Morgan fingerprint density at radius 2 is 2.08 bits per heavy atom. The van der Waals surface area contributed by atoms with Gasteiger partial charge >= 0.3 is 0 Å². The SMILES string of the molecule is COc1ccc(CN(C(=O)C=Cc2ccco2)C(C)C2CC2)cc1. The van der Waals surface area contributed by atoms with Crippen molar-refractivity contribution in [2.75, 3.05) is 7.11 Å². The van der Waals surface area contributed by atoms with Crippen LogP contribution in [0.2, 0.25) is 0 Å². The van der Waals surface area contributed by atoms with E-state index in [1.165, 1.54) is 12.8 Å². The molecular formula is C20H23NO3. The average molecular weight is 325 g/mol. The van der Waals surface area contributed by atoms with Gasteiger partial charge in [-0.1, -0.05) is 12.1 Å². The Morgan fingerprint density at radius 1 is 1.33 bits per heavy atom. The van der Waals surface area contributed by atoms with Gasteiger partial charge in [0, 0.05) is 18.7 Å². The van der Waals surface area contributed by atoms with E-state index in [4.69, 9.17) is 9.15 Å². The van der Waals surface area contributed by atoms with Crippen molar-refractivity contribution in [3.8, 4) is 5.75 Å². The second-order valence-electron chi connectivity index (χ2n) is 6.24. The number of methoxy groups -OCH3 is 1. The molecule has 2 aromatic rings. The minimum atomic E-state index is 0.0154. The number of nitrogens with zero attached hydrogens (tertiary/aromatic N) is 1. The number of carbonyl (C=O) groups excluding carboxylic acids is 1. The summed E-state index contributed by atoms with van der Waals surface area (Å²) in [5.74, 6) is 2.14. The molecule has 0 bridgehead atoms. The average Bonchev–Trinajstić information content (AvgIpc) is 3.33. The van der Waals surface area contributed by atoms with E-state index in [0.717, 1.165) is 11.3 Å². The highest BCUT2D eigenvalue weighted by molar-refractivity contribution is 5.91. The molecule has 1 heterocycles. The number of hydrogen-bond acceptors (Lipinski definition) is 3. The summed E-state index contributed by atoms with van der Waals surface area (Å²) < 4.78 is 10.5. The van der Waals surface area contributed by atoms with Gasteiger partial charge in [-0.2, -0.15) is 0 Å². The summed E-state index contributed by atoms with van der Waals surface area (Å²) in [6, 6.07) is 11.8. The highest BCUT2D eigenvalue weighted by Crippen LogP contribution is 2.36. The van der Waals surface area contributed by atoms with E-state index in [1.807, 2.05) is 41.3 Å². The van der Waals surface area contributed by atoms with Crippen LogP contribution in [-0.4, -0.2) is 24.0 Å². The number of amides is 1. The molecule has 0 saturated heterocycles. The number of carbonyl (C=O) groups is 1. The van der Waals surface area contributed by atoms with E-state index in [9.17, 15) is 4.79 Å². The molecule has 4 heteroatoms. The molecule has 1 aromatic heterocycles. The Morgan fingerprint density at radius 3 is 2.67 bits per heavy atom. The molecule has 1 aliphatic carbocycles. The first kappa shape index (κ1) is 16.4. The maximum Gasteiger partial charge on any atom is 0.247 e. The lowest BCUT2D eigenvalue weighted by Crippen LogP contribution is -2.38. The minimum absolute atomic E-state index is 0.0154. The quantitative estimate of drug-likeness (QED) is 0.719. The van der Waals surface area contributed by atoms with E-state index in [2.05, 4.69) is 6.92 Å². The van der Waals surface area contributed by atoms with E-state index >= 15 is 0 Å². The third kappa shape index (κ3) is 4.07. The maximum atomic E-state index is 12.7. The number of ether oxygens (including phenoxy) is 1. The van der Waals surface area contributed by atoms with Gasteiger partial charge in [0.05, 0.1) is 13.4 Å². The lowest BCUT2D eigenvalue weighted by molar-refractivity contribution is -0.129. The van der Waals surface area contributed by atoms with Gasteiger partial charge in [-0.25, -0.2) is 0 Å². The Kier molecular flexibility index (Phi) is 5.04. The van der Waals surface area contributed by atoms with Gasteiger partial charge in [-0.05, 0) is 61.6 Å². The Bertz CT molecular complexity index is 684. The molecule has 126 valence electrons. The summed E-state index contributed by atoms with van der Waals surface area (Å²) in [5.41, 5.74) is 1.10. The molecule has 0 radical (unpaired) electrons. The third-order valence-electron chi connectivity index (χ3n) is 4.52. The van der Waals surface area contributed by atoms with Crippen molar-refractivity contribution in [1.82, 2.24) is 4.90 Å². The van der Waals surface area contributed by atoms with Crippen LogP contribution in [0.15, 0.2) is 53.2 Å². The van der Waals surface area contributed by atoms with Crippen LogP contribution >= 0.6 is 0 Å². The molecule has 0 N–H and O–H groups in total. The zero-order valence-corrected chi connectivity index (χ0v) is 14.1. The van der Waals surface area contributed by atoms with Gasteiger partial charge < -0.3 is 14.1 Å². The molecular weight excluding hydrogens is 302 g/mol. The highest BCUT2D eigenvalue weighted by Gasteiger charge is 2.33. The van der Waals surface area contributed by atoms with E-state index in [1.54, 1.807) is 25.5 Å². The molecule has 0 aliphatic heterocycles. The Balaban J connectivity index is 1.73. The zero-order chi connectivity index (χ0) is 16.9. The molecule has 3 rings (SSSR count). The topological polar surface area (TPSA) is 42.7 Å². The van der Waals surface area contributed by atoms with Gasteiger partial charge in [-0.3, -0.25) is 4.79 Å². The van der Waals surface area contributed by atoms with Crippen LogP contribution < -0.4 is 4.74 Å².